The van der Waals surface area contributed by atoms with Crippen LogP contribution in [0, 0.1) is 0 Å². The van der Waals surface area contributed by atoms with E-state index in [1.165, 1.54) is 11.1 Å². The topological polar surface area (TPSA) is 67.8 Å². The molecule has 30 heavy (non-hydrogen) atoms. The number of anilines is 1. The Balaban J connectivity index is 1.32. The third-order valence-corrected chi connectivity index (χ3v) is 6.68. The van der Waals surface area contributed by atoms with Gasteiger partial charge in [0.1, 0.15) is 17.3 Å². The Labute approximate surface area is 177 Å². The number of fused-ring (bicyclic) bond motifs is 2. The second-order valence-electron chi connectivity index (χ2n) is 8.36. The predicted octanol–water partition coefficient (Wildman–Crippen LogP) is 2.79. The Bertz CT molecular complexity index is 934. The van der Waals surface area contributed by atoms with Gasteiger partial charge in [0.05, 0.1) is 31.7 Å². The van der Waals surface area contributed by atoms with Crippen LogP contribution < -0.4 is 9.64 Å². The fraction of sp³-hybridized carbons (Fsp3) is 0.522. The molecule has 7 nitrogen and oxygen atoms in total. The number of nitrogens with zero attached hydrogens (tertiary/aromatic N) is 4. The lowest BCUT2D eigenvalue weighted by atomic mass is 9.79. The highest BCUT2D eigenvalue weighted by molar-refractivity contribution is 5.92. The minimum atomic E-state index is -0.243. The average molecular weight is 409 g/mol. The summed E-state index contributed by atoms with van der Waals surface area (Å²) in [7, 11) is 1.71. The summed E-state index contributed by atoms with van der Waals surface area (Å²) < 4.78 is 11.8. The third-order valence-electron chi connectivity index (χ3n) is 6.68. The van der Waals surface area contributed by atoms with Gasteiger partial charge in [-0.3, -0.25) is 9.78 Å². The molecule has 0 atom stereocenters. The summed E-state index contributed by atoms with van der Waals surface area (Å²) in [5, 5.41) is 0. The zero-order valence-corrected chi connectivity index (χ0v) is 17.5. The van der Waals surface area contributed by atoms with Gasteiger partial charge in [0.25, 0.3) is 5.91 Å². The fourth-order valence-corrected chi connectivity index (χ4v) is 4.99. The first-order valence-electron chi connectivity index (χ1n) is 10.9. The smallest absolute Gasteiger partial charge is 0.274 e. The van der Waals surface area contributed by atoms with Gasteiger partial charge in [0.2, 0.25) is 0 Å². The lowest BCUT2D eigenvalue weighted by Gasteiger charge is -2.45. The molecule has 1 aromatic heterocycles. The maximum Gasteiger partial charge on any atom is 0.274 e. The molecule has 7 heteroatoms. The summed E-state index contributed by atoms with van der Waals surface area (Å²) in [4.78, 5) is 25.8. The highest BCUT2D eigenvalue weighted by Gasteiger charge is 2.41. The number of benzene rings is 1. The summed E-state index contributed by atoms with van der Waals surface area (Å²) in [6.07, 6.45) is 8.18. The number of carbonyl (C=O) groups excluding carboxylic acids is 1. The minimum absolute atomic E-state index is 0.00572. The van der Waals surface area contributed by atoms with Crippen molar-refractivity contribution in [3.05, 3.63) is 47.4 Å². The zero-order valence-electron chi connectivity index (χ0n) is 17.5. The second kappa shape index (κ2) is 7.87. The van der Waals surface area contributed by atoms with E-state index in [4.69, 9.17) is 9.47 Å². The quantitative estimate of drug-likeness (QED) is 0.778. The van der Waals surface area contributed by atoms with E-state index in [2.05, 4.69) is 27.0 Å². The van der Waals surface area contributed by atoms with Crippen molar-refractivity contribution in [2.24, 2.45) is 0 Å². The van der Waals surface area contributed by atoms with E-state index >= 15 is 0 Å². The Morgan fingerprint density at radius 2 is 1.93 bits per heavy atom. The number of rotatable bonds is 3. The number of hydrogen-bond donors (Lipinski definition) is 0. The Morgan fingerprint density at radius 3 is 2.70 bits per heavy atom. The molecule has 4 heterocycles. The number of hydrogen-bond acceptors (Lipinski definition) is 6. The van der Waals surface area contributed by atoms with Crippen molar-refractivity contribution in [3.63, 3.8) is 0 Å². The van der Waals surface area contributed by atoms with Crippen molar-refractivity contribution >= 4 is 11.7 Å². The Kier molecular flexibility index (Phi) is 5.06. The van der Waals surface area contributed by atoms with E-state index < -0.39 is 0 Å². The highest BCUT2D eigenvalue weighted by atomic mass is 16.5. The molecule has 0 unspecified atom stereocenters. The van der Waals surface area contributed by atoms with E-state index in [0.29, 0.717) is 5.69 Å². The third kappa shape index (κ3) is 3.41. The molecule has 3 aliphatic heterocycles. The molecule has 5 rings (SSSR count). The number of likely N-dealkylation sites (tertiary alicyclic amines) is 1. The Morgan fingerprint density at radius 1 is 1.13 bits per heavy atom. The van der Waals surface area contributed by atoms with Gasteiger partial charge in [-0.25, -0.2) is 4.98 Å². The van der Waals surface area contributed by atoms with Gasteiger partial charge in [-0.1, -0.05) is 6.07 Å². The summed E-state index contributed by atoms with van der Waals surface area (Å²) in [6, 6.07) is 6.34. The average Bonchev–Trinajstić information content (AvgIpc) is 3.34. The van der Waals surface area contributed by atoms with Crippen molar-refractivity contribution < 1.29 is 14.3 Å². The molecule has 0 saturated carbocycles. The number of methoxy groups -OCH3 is 1. The highest BCUT2D eigenvalue weighted by Crippen LogP contribution is 2.43. The molecular weight excluding hydrogens is 380 g/mol. The summed E-state index contributed by atoms with van der Waals surface area (Å²) in [5.41, 5.74) is 2.82. The molecular formula is C23H28N4O3. The maximum absolute atomic E-state index is 12.7. The number of piperidine rings is 1. The van der Waals surface area contributed by atoms with Crippen LogP contribution >= 0.6 is 0 Å². The number of ether oxygens (including phenoxy) is 2. The monoisotopic (exact) mass is 408 g/mol. The second-order valence-corrected chi connectivity index (χ2v) is 8.36. The lowest BCUT2D eigenvalue weighted by Crippen LogP contribution is -2.47. The van der Waals surface area contributed by atoms with Gasteiger partial charge in [-0.2, -0.15) is 0 Å². The predicted molar refractivity (Wildman–Crippen MR) is 113 cm³/mol. The van der Waals surface area contributed by atoms with Crippen molar-refractivity contribution in [1.82, 2.24) is 14.9 Å². The first-order chi connectivity index (χ1) is 14.7. The van der Waals surface area contributed by atoms with Crippen LogP contribution in [0.3, 0.4) is 0 Å². The Hall–Kier alpha value is -2.67. The summed E-state index contributed by atoms with van der Waals surface area (Å²) in [6.45, 7) is 4.01. The molecule has 0 N–H and O–H groups in total. The summed E-state index contributed by atoms with van der Waals surface area (Å²) >= 11 is 0. The van der Waals surface area contributed by atoms with Gasteiger partial charge >= 0.3 is 0 Å². The maximum atomic E-state index is 12.7. The SMILES string of the molecule is COc1ccc2c(c1)CCOC21CCN(c2cncc(C(=O)N3CCCC3)n2)CC1. The largest absolute Gasteiger partial charge is 0.497 e. The molecule has 2 fully saturated rings. The molecule has 1 spiro atoms. The summed E-state index contributed by atoms with van der Waals surface area (Å²) in [5.74, 6) is 1.67. The lowest BCUT2D eigenvalue weighted by molar-refractivity contribution is -0.0767. The van der Waals surface area contributed by atoms with E-state index in [-0.39, 0.29) is 11.5 Å². The molecule has 0 bridgehead atoms. The van der Waals surface area contributed by atoms with Crippen molar-refractivity contribution in [2.45, 2.75) is 37.7 Å². The number of amides is 1. The van der Waals surface area contributed by atoms with Crippen molar-refractivity contribution in [1.29, 1.82) is 0 Å². The first-order valence-corrected chi connectivity index (χ1v) is 10.9. The standard InChI is InChI=1S/C23H28N4O3/c1-29-18-4-5-19-17(14-18)6-13-30-23(19)7-11-26(12-8-23)21-16-24-15-20(25-21)22(28)27-9-2-3-10-27/h4-5,14-16H,2-3,6-13H2,1H3. The van der Waals surface area contributed by atoms with Gasteiger partial charge in [-0.05, 0) is 55.4 Å². The van der Waals surface area contributed by atoms with Crippen LogP contribution in [0.25, 0.3) is 0 Å². The van der Waals surface area contributed by atoms with Crippen LogP contribution in [0.1, 0.15) is 47.3 Å². The van der Waals surface area contributed by atoms with Crippen molar-refractivity contribution in [2.75, 3.05) is 44.8 Å². The normalized spacial score (nSPS) is 20.3. The van der Waals surface area contributed by atoms with E-state index in [1.54, 1.807) is 19.5 Å². The van der Waals surface area contributed by atoms with Crippen LogP contribution in [0.15, 0.2) is 30.6 Å². The molecule has 0 aliphatic carbocycles. The van der Waals surface area contributed by atoms with Gasteiger partial charge in [0.15, 0.2) is 0 Å². The molecule has 2 aromatic rings. The molecule has 3 aliphatic rings. The van der Waals surface area contributed by atoms with Gasteiger partial charge in [0, 0.05) is 26.2 Å². The first kappa shape index (κ1) is 19.3. The van der Waals surface area contributed by atoms with Crippen molar-refractivity contribution in [3.8, 4) is 5.75 Å². The van der Waals surface area contributed by atoms with E-state index in [9.17, 15) is 4.79 Å². The van der Waals surface area contributed by atoms with Crippen LogP contribution in [0.2, 0.25) is 0 Å². The van der Waals surface area contributed by atoms with Gasteiger partial charge < -0.3 is 19.3 Å². The number of carbonyl (C=O) groups is 1. The molecule has 1 aromatic carbocycles. The van der Waals surface area contributed by atoms with Gasteiger partial charge in [-0.15, -0.1) is 0 Å². The molecule has 0 radical (unpaired) electrons. The van der Waals surface area contributed by atoms with Crippen LogP contribution in [0.4, 0.5) is 5.82 Å². The molecule has 158 valence electrons. The molecule has 1 amide bonds. The fourth-order valence-electron chi connectivity index (χ4n) is 4.99. The number of aromatic nitrogens is 2. The van der Waals surface area contributed by atoms with E-state index in [1.807, 2.05) is 11.0 Å². The van der Waals surface area contributed by atoms with Crippen LogP contribution in [-0.4, -0.2) is 60.7 Å². The zero-order chi connectivity index (χ0) is 20.6. The van der Waals surface area contributed by atoms with E-state index in [0.717, 1.165) is 76.5 Å². The van der Waals surface area contributed by atoms with Crippen LogP contribution in [0.5, 0.6) is 5.75 Å². The molecule has 2 saturated heterocycles. The van der Waals surface area contributed by atoms with Crippen LogP contribution in [-0.2, 0) is 16.8 Å². The minimum Gasteiger partial charge on any atom is -0.497 e.